The van der Waals surface area contributed by atoms with Crippen LogP contribution in [0.3, 0.4) is 0 Å². The van der Waals surface area contributed by atoms with E-state index in [1.165, 1.54) is 0 Å². The normalized spacial score (nSPS) is 22.6. The van der Waals surface area contributed by atoms with Gasteiger partial charge in [0.05, 0.1) is 79.3 Å². The van der Waals surface area contributed by atoms with Crippen molar-refractivity contribution in [1.82, 2.24) is 0 Å². The SMILES string of the molecule is CCCCOCCOCC1COCCOCCOCCOCCO1. The molecule has 1 aliphatic rings. The third-order valence-electron chi connectivity index (χ3n) is 3.32. The zero-order valence-electron chi connectivity index (χ0n) is 15.0. The molecule has 0 radical (unpaired) electrons. The molecule has 0 saturated carbocycles. The van der Waals surface area contributed by atoms with Crippen LogP contribution in [0, 0.1) is 0 Å². The van der Waals surface area contributed by atoms with Crippen LogP contribution in [0.1, 0.15) is 19.8 Å². The molecular weight excluding hydrogens is 316 g/mol. The Morgan fingerprint density at radius 1 is 0.708 bits per heavy atom. The molecule has 7 heteroatoms. The summed E-state index contributed by atoms with van der Waals surface area (Å²) < 4.78 is 38.7. The third kappa shape index (κ3) is 14.1. The van der Waals surface area contributed by atoms with E-state index in [-0.39, 0.29) is 6.10 Å². The van der Waals surface area contributed by atoms with Crippen LogP contribution in [0.25, 0.3) is 0 Å². The highest BCUT2D eigenvalue weighted by Crippen LogP contribution is 1.98. The molecule has 0 N–H and O–H groups in total. The summed E-state index contributed by atoms with van der Waals surface area (Å²) in [7, 11) is 0. The van der Waals surface area contributed by atoms with E-state index >= 15 is 0 Å². The largest absolute Gasteiger partial charge is 0.379 e. The lowest BCUT2D eigenvalue weighted by molar-refractivity contribution is -0.0824. The van der Waals surface area contributed by atoms with Crippen LogP contribution < -0.4 is 0 Å². The van der Waals surface area contributed by atoms with E-state index in [1.807, 2.05) is 0 Å². The molecule has 0 aliphatic carbocycles. The minimum Gasteiger partial charge on any atom is -0.379 e. The fraction of sp³-hybridized carbons (Fsp3) is 1.00. The highest BCUT2D eigenvalue weighted by atomic mass is 16.6. The Morgan fingerprint density at radius 2 is 1.29 bits per heavy atom. The second-order valence-electron chi connectivity index (χ2n) is 5.45. The second kappa shape index (κ2) is 17.5. The smallest absolute Gasteiger partial charge is 0.104 e. The van der Waals surface area contributed by atoms with Gasteiger partial charge in [-0.3, -0.25) is 0 Å². The van der Waals surface area contributed by atoms with Crippen LogP contribution in [-0.2, 0) is 33.2 Å². The number of rotatable bonds is 8. The fourth-order valence-corrected chi connectivity index (χ4v) is 1.97. The molecule has 0 bridgehead atoms. The van der Waals surface area contributed by atoms with Gasteiger partial charge >= 0.3 is 0 Å². The predicted octanol–water partition coefficient (Wildman–Crippen LogP) is 1.28. The fourth-order valence-electron chi connectivity index (χ4n) is 1.97. The average molecular weight is 350 g/mol. The number of unbranched alkanes of at least 4 members (excludes halogenated alkanes) is 1. The van der Waals surface area contributed by atoms with Crippen LogP contribution in [0.5, 0.6) is 0 Å². The van der Waals surface area contributed by atoms with Crippen molar-refractivity contribution in [2.24, 2.45) is 0 Å². The highest BCUT2D eigenvalue weighted by Gasteiger charge is 2.10. The minimum atomic E-state index is -0.106. The quantitative estimate of drug-likeness (QED) is 0.611. The van der Waals surface area contributed by atoms with Crippen LogP contribution in [0.2, 0.25) is 0 Å². The summed E-state index contributed by atoms with van der Waals surface area (Å²) in [5.41, 5.74) is 0. The first-order chi connectivity index (χ1) is 11.9. The molecule has 144 valence electrons. The summed E-state index contributed by atoms with van der Waals surface area (Å²) in [5, 5.41) is 0. The van der Waals surface area contributed by atoms with E-state index in [2.05, 4.69) is 6.92 Å². The van der Waals surface area contributed by atoms with Crippen molar-refractivity contribution >= 4 is 0 Å². The Hall–Kier alpha value is -0.280. The van der Waals surface area contributed by atoms with Crippen LogP contribution in [0.4, 0.5) is 0 Å². The molecule has 0 aromatic carbocycles. The Labute approximate surface area is 145 Å². The molecule has 0 aromatic rings. The molecule has 0 aromatic heterocycles. The Kier molecular flexibility index (Phi) is 15.9. The van der Waals surface area contributed by atoms with Crippen molar-refractivity contribution in [3.8, 4) is 0 Å². The Morgan fingerprint density at radius 3 is 1.96 bits per heavy atom. The van der Waals surface area contributed by atoms with Gasteiger partial charge in [0, 0.05) is 6.61 Å². The molecule has 1 unspecified atom stereocenters. The van der Waals surface area contributed by atoms with Gasteiger partial charge in [-0.25, -0.2) is 0 Å². The second-order valence-corrected chi connectivity index (χ2v) is 5.45. The van der Waals surface area contributed by atoms with Gasteiger partial charge in [0.15, 0.2) is 0 Å². The van der Waals surface area contributed by atoms with Crippen molar-refractivity contribution < 1.29 is 33.2 Å². The monoisotopic (exact) mass is 350 g/mol. The summed E-state index contributed by atoms with van der Waals surface area (Å²) in [4.78, 5) is 0. The number of ether oxygens (including phenoxy) is 7. The lowest BCUT2D eigenvalue weighted by Gasteiger charge is -2.18. The molecule has 1 fully saturated rings. The molecule has 0 amide bonds. The molecule has 24 heavy (non-hydrogen) atoms. The summed E-state index contributed by atoms with van der Waals surface area (Å²) >= 11 is 0. The Bertz CT molecular complexity index is 237. The summed E-state index contributed by atoms with van der Waals surface area (Å²) in [6.07, 6.45) is 2.13. The first-order valence-electron chi connectivity index (χ1n) is 9.01. The van der Waals surface area contributed by atoms with Crippen molar-refractivity contribution in [2.45, 2.75) is 25.9 Å². The van der Waals surface area contributed by atoms with Gasteiger partial charge in [-0.2, -0.15) is 0 Å². The van der Waals surface area contributed by atoms with Crippen molar-refractivity contribution in [1.29, 1.82) is 0 Å². The summed E-state index contributed by atoms with van der Waals surface area (Å²) in [6.45, 7) is 9.54. The van der Waals surface area contributed by atoms with Gasteiger partial charge < -0.3 is 33.2 Å². The van der Waals surface area contributed by atoms with Crippen LogP contribution in [-0.4, -0.2) is 92.0 Å². The molecule has 1 saturated heterocycles. The molecular formula is C17H34O7. The highest BCUT2D eigenvalue weighted by molar-refractivity contribution is 4.56. The van der Waals surface area contributed by atoms with Gasteiger partial charge in [0.2, 0.25) is 0 Å². The van der Waals surface area contributed by atoms with E-state index in [9.17, 15) is 0 Å². The average Bonchev–Trinajstić information content (AvgIpc) is 2.60. The molecule has 1 heterocycles. The zero-order chi connectivity index (χ0) is 17.1. The van der Waals surface area contributed by atoms with Crippen LogP contribution >= 0.6 is 0 Å². The Balaban J connectivity index is 2.13. The summed E-state index contributed by atoms with van der Waals surface area (Å²) in [6, 6.07) is 0. The predicted molar refractivity (Wildman–Crippen MR) is 89.6 cm³/mol. The topological polar surface area (TPSA) is 64.6 Å². The van der Waals surface area contributed by atoms with Gasteiger partial charge in [-0.15, -0.1) is 0 Å². The summed E-state index contributed by atoms with van der Waals surface area (Å²) in [5.74, 6) is 0. The van der Waals surface area contributed by atoms with E-state index in [4.69, 9.17) is 33.2 Å². The van der Waals surface area contributed by atoms with Crippen LogP contribution in [0.15, 0.2) is 0 Å². The first-order valence-corrected chi connectivity index (χ1v) is 9.01. The lowest BCUT2D eigenvalue weighted by Crippen LogP contribution is -2.28. The van der Waals surface area contributed by atoms with E-state index in [0.717, 1.165) is 19.4 Å². The van der Waals surface area contributed by atoms with Gasteiger partial charge in [0.25, 0.3) is 0 Å². The van der Waals surface area contributed by atoms with Gasteiger partial charge in [-0.05, 0) is 6.42 Å². The molecule has 1 atom stereocenters. The minimum absolute atomic E-state index is 0.106. The molecule has 0 spiro atoms. The molecule has 1 aliphatic heterocycles. The zero-order valence-corrected chi connectivity index (χ0v) is 15.0. The van der Waals surface area contributed by atoms with Crippen molar-refractivity contribution in [2.75, 3.05) is 85.9 Å². The van der Waals surface area contributed by atoms with Gasteiger partial charge in [0.1, 0.15) is 6.10 Å². The van der Waals surface area contributed by atoms with E-state index in [0.29, 0.717) is 79.3 Å². The van der Waals surface area contributed by atoms with E-state index in [1.54, 1.807) is 0 Å². The number of hydrogen-bond donors (Lipinski definition) is 0. The molecule has 1 rings (SSSR count). The van der Waals surface area contributed by atoms with Gasteiger partial charge in [-0.1, -0.05) is 13.3 Å². The number of hydrogen-bond acceptors (Lipinski definition) is 7. The first kappa shape index (κ1) is 21.8. The van der Waals surface area contributed by atoms with E-state index < -0.39 is 0 Å². The molecule has 7 nitrogen and oxygen atoms in total. The van der Waals surface area contributed by atoms with Crippen molar-refractivity contribution in [3.05, 3.63) is 0 Å². The maximum atomic E-state index is 5.77. The van der Waals surface area contributed by atoms with Crippen molar-refractivity contribution in [3.63, 3.8) is 0 Å². The standard InChI is InChI=1S/C17H34O7/c1-2-3-4-18-9-11-22-15-17-16-23-12-10-20-6-5-19-7-8-21-13-14-24-17/h17H,2-16H2,1H3. The lowest BCUT2D eigenvalue weighted by atomic mass is 10.4. The maximum Gasteiger partial charge on any atom is 0.104 e. The maximum absolute atomic E-state index is 5.77. The third-order valence-corrected chi connectivity index (χ3v) is 3.32.